The highest BCUT2D eigenvalue weighted by molar-refractivity contribution is 7.80. The maximum absolute atomic E-state index is 5.55. The molecular weight excluding hydrogens is 284 g/mol. The average Bonchev–Trinajstić information content (AvgIpc) is 2.95. The Kier molecular flexibility index (Phi) is 6.11. The SMILES string of the molecule is CCCCN(CCCC)C(=S)Nc1ccc2c(c1)OCO2. The second kappa shape index (κ2) is 8.08. The standard InChI is InChI=1S/C16H24N2O2S/c1-3-5-9-18(10-6-4-2)16(21)17-13-7-8-14-15(11-13)20-12-19-14/h7-8,11H,3-6,9-10,12H2,1-2H3,(H,17,21). The fourth-order valence-corrected chi connectivity index (χ4v) is 2.49. The van der Waals surface area contributed by atoms with Gasteiger partial charge in [-0.1, -0.05) is 26.7 Å². The normalized spacial score (nSPS) is 12.3. The Morgan fingerprint density at radius 1 is 1.14 bits per heavy atom. The van der Waals surface area contributed by atoms with E-state index in [-0.39, 0.29) is 0 Å². The number of unbranched alkanes of at least 4 members (excludes halogenated alkanes) is 2. The summed E-state index contributed by atoms with van der Waals surface area (Å²) in [6.45, 7) is 6.71. The molecule has 1 aliphatic rings. The van der Waals surface area contributed by atoms with E-state index < -0.39 is 0 Å². The molecule has 1 aromatic carbocycles. The van der Waals surface area contributed by atoms with Crippen molar-refractivity contribution in [1.82, 2.24) is 4.90 Å². The number of anilines is 1. The smallest absolute Gasteiger partial charge is 0.231 e. The molecule has 0 aliphatic carbocycles. The van der Waals surface area contributed by atoms with Gasteiger partial charge in [-0.25, -0.2) is 0 Å². The van der Waals surface area contributed by atoms with E-state index in [9.17, 15) is 0 Å². The molecule has 0 radical (unpaired) electrons. The highest BCUT2D eigenvalue weighted by Gasteiger charge is 2.15. The highest BCUT2D eigenvalue weighted by Crippen LogP contribution is 2.34. The third-order valence-corrected chi connectivity index (χ3v) is 3.83. The summed E-state index contributed by atoms with van der Waals surface area (Å²) < 4.78 is 10.7. The van der Waals surface area contributed by atoms with Crippen LogP contribution in [0.5, 0.6) is 11.5 Å². The van der Waals surface area contributed by atoms with Gasteiger partial charge < -0.3 is 19.7 Å². The monoisotopic (exact) mass is 308 g/mol. The molecule has 0 aromatic heterocycles. The van der Waals surface area contributed by atoms with Gasteiger partial charge in [-0.3, -0.25) is 0 Å². The molecule has 1 N–H and O–H groups in total. The van der Waals surface area contributed by atoms with Crippen LogP contribution in [-0.2, 0) is 0 Å². The number of hydrogen-bond acceptors (Lipinski definition) is 3. The first-order valence-corrected chi connectivity index (χ1v) is 8.11. The number of nitrogens with zero attached hydrogens (tertiary/aromatic N) is 1. The van der Waals surface area contributed by atoms with Crippen LogP contribution in [0.1, 0.15) is 39.5 Å². The van der Waals surface area contributed by atoms with Crippen molar-refractivity contribution in [3.05, 3.63) is 18.2 Å². The minimum Gasteiger partial charge on any atom is -0.454 e. The van der Waals surface area contributed by atoms with Crippen LogP contribution in [0.3, 0.4) is 0 Å². The molecular formula is C16H24N2O2S. The quantitative estimate of drug-likeness (QED) is 0.770. The van der Waals surface area contributed by atoms with Crippen LogP contribution in [0.2, 0.25) is 0 Å². The van der Waals surface area contributed by atoms with Crippen molar-refractivity contribution < 1.29 is 9.47 Å². The molecule has 0 amide bonds. The Morgan fingerprint density at radius 3 is 2.48 bits per heavy atom. The van der Waals surface area contributed by atoms with Crippen LogP contribution < -0.4 is 14.8 Å². The minimum absolute atomic E-state index is 0.294. The van der Waals surface area contributed by atoms with Gasteiger partial charge in [-0.2, -0.15) is 0 Å². The summed E-state index contributed by atoms with van der Waals surface area (Å²) in [5.41, 5.74) is 0.947. The van der Waals surface area contributed by atoms with Gasteiger partial charge in [0.2, 0.25) is 6.79 Å². The molecule has 0 fully saturated rings. The Hall–Kier alpha value is -1.49. The van der Waals surface area contributed by atoms with Gasteiger partial charge in [0.1, 0.15) is 0 Å². The van der Waals surface area contributed by atoms with Gasteiger partial charge >= 0.3 is 0 Å². The van der Waals surface area contributed by atoms with Crippen molar-refractivity contribution in [2.24, 2.45) is 0 Å². The molecule has 4 nitrogen and oxygen atoms in total. The number of fused-ring (bicyclic) bond motifs is 1. The first-order chi connectivity index (χ1) is 10.2. The highest BCUT2D eigenvalue weighted by atomic mass is 32.1. The summed E-state index contributed by atoms with van der Waals surface area (Å²) in [6.07, 6.45) is 4.67. The zero-order valence-electron chi connectivity index (χ0n) is 12.9. The first-order valence-electron chi connectivity index (χ1n) is 7.70. The summed E-state index contributed by atoms with van der Waals surface area (Å²) in [4.78, 5) is 2.26. The third-order valence-electron chi connectivity index (χ3n) is 3.47. The number of nitrogens with one attached hydrogen (secondary N) is 1. The van der Waals surface area contributed by atoms with Crippen molar-refractivity contribution in [3.8, 4) is 11.5 Å². The molecule has 0 atom stereocenters. The van der Waals surface area contributed by atoms with E-state index >= 15 is 0 Å². The summed E-state index contributed by atoms with van der Waals surface area (Å²) in [6, 6.07) is 5.82. The predicted molar refractivity (Wildman–Crippen MR) is 90.2 cm³/mol. The number of rotatable bonds is 7. The minimum atomic E-state index is 0.294. The molecule has 0 spiro atoms. The van der Waals surface area contributed by atoms with E-state index in [0.717, 1.165) is 48.2 Å². The number of ether oxygens (including phenoxy) is 2. The van der Waals surface area contributed by atoms with Crippen molar-refractivity contribution in [2.75, 3.05) is 25.2 Å². The lowest BCUT2D eigenvalue weighted by Gasteiger charge is -2.25. The largest absolute Gasteiger partial charge is 0.454 e. The van der Waals surface area contributed by atoms with Crippen LogP contribution >= 0.6 is 12.2 Å². The summed E-state index contributed by atoms with van der Waals surface area (Å²) in [5, 5.41) is 4.10. The number of benzene rings is 1. The summed E-state index contributed by atoms with van der Waals surface area (Å²) in [5.74, 6) is 1.57. The van der Waals surface area contributed by atoms with Crippen molar-refractivity contribution >= 4 is 23.0 Å². The van der Waals surface area contributed by atoms with E-state index in [1.807, 2.05) is 18.2 Å². The molecule has 0 saturated heterocycles. The predicted octanol–water partition coefficient (Wildman–Crippen LogP) is 4.01. The Morgan fingerprint density at radius 2 is 1.81 bits per heavy atom. The zero-order chi connectivity index (χ0) is 15.1. The number of hydrogen-bond donors (Lipinski definition) is 1. The van der Waals surface area contributed by atoms with Gasteiger partial charge in [0.15, 0.2) is 16.6 Å². The summed E-state index contributed by atoms with van der Waals surface area (Å²) >= 11 is 5.55. The van der Waals surface area contributed by atoms with E-state index in [1.165, 1.54) is 12.8 Å². The third kappa shape index (κ3) is 4.49. The molecule has 1 heterocycles. The molecule has 0 unspecified atom stereocenters. The Bertz CT molecular complexity index is 471. The molecule has 0 saturated carbocycles. The molecule has 1 aliphatic heterocycles. The maximum Gasteiger partial charge on any atom is 0.231 e. The van der Waals surface area contributed by atoms with Gasteiger partial charge in [0, 0.05) is 24.8 Å². The van der Waals surface area contributed by atoms with Gasteiger partial charge in [0.05, 0.1) is 0 Å². The fourth-order valence-electron chi connectivity index (χ4n) is 2.19. The molecule has 1 aromatic rings. The Labute approximate surface area is 132 Å². The van der Waals surface area contributed by atoms with Crippen molar-refractivity contribution in [2.45, 2.75) is 39.5 Å². The molecule has 2 rings (SSSR count). The lowest BCUT2D eigenvalue weighted by molar-refractivity contribution is 0.174. The second-order valence-corrected chi connectivity index (χ2v) is 5.58. The van der Waals surface area contributed by atoms with Crippen LogP contribution in [0.4, 0.5) is 5.69 Å². The van der Waals surface area contributed by atoms with E-state index in [2.05, 4.69) is 24.1 Å². The van der Waals surface area contributed by atoms with Crippen LogP contribution in [-0.4, -0.2) is 29.9 Å². The number of thiocarbonyl (C=S) groups is 1. The second-order valence-electron chi connectivity index (χ2n) is 5.19. The molecule has 116 valence electrons. The lowest BCUT2D eigenvalue weighted by atomic mass is 10.2. The zero-order valence-corrected chi connectivity index (χ0v) is 13.7. The molecule has 21 heavy (non-hydrogen) atoms. The van der Waals surface area contributed by atoms with Gasteiger partial charge in [-0.15, -0.1) is 0 Å². The fraction of sp³-hybridized carbons (Fsp3) is 0.562. The topological polar surface area (TPSA) is 33.7 Å². The average molecular weight is 308 g/mol. The van der Waals surface area contributed by atoms with Gasteiger partial charge in [0.25, 0.3) is 0 Å². The molecule has 5 heteroatoms. The van der Waals surface area contributed by atoms with Crippen LogP contribution in [0.25, 0.3) is 0 Å². The van der Waals surface area contributed by atoms with E-state index in [4.69, 9.17) is 21.7 Å². The lowest BCUT2D eigenvalue weighted by Crippen LogP contribution is -2.36. The van der Waals surface area contributed by atoms with Crippen molar-refractivity contribution in [1.29, 1.82) is 0 Å². The van der Waals surface area contributed by atoms with E-state index in [0.29, 0.717) is 6.79 Å². The Balaban J connectivity index is 1.96. The van der Waals surface area contributed by atoms with Gasteiger partial charge in [-0.05, 0) is 37.2 Å². The molecule has 0 bridgehead atoms. The first kappa shape index (κ1) is 15.9. The van der Waals surface area contributed by atoms with E-state index in [1.54, 1.807) is 0 Å². The van der Waals surface area contributed by atoms with Crippen LogP contribution in [0, 0.1) is 0 Å². The summed E-state index contributed by atoms with van der Waals surface area (Å²) in [7, 11) is 0. The van der Waals surface area contributed by atoms with Crippen LogP contribution in [0.15, 0.2) is 18.2 Å². The maximum atomic E-state index is 5.55. The van der Waals surface area contributed by atoms with Crippen molar-refractivity contribution in [3.63, 3.8) is 0 Å².